The average molecular weight is 370 g/mol. The normalized spacial score (nSPS) is 10.7. The van der Waals surface area contributed by atoms with Gasteiger partial charge in [-0.25, -0.2) is 4.39 Å². The third-order valence-electron chi connectivity index (χ3n) is 4.53. The van der Waals surface area contributed by atoms with Crippen molar-refractivity contribution >= 4 is 17.5 Å². The van der Waals surface area contributed by atoms with Gasteiger partial charge in [-0.15, -0.1) is 0 Å². The van der Waals surface area contributed by atoms with Crippen molar-refractivity contribution in [2.45, 2.75) is 46.6 Å². The second-order valence-corrected chi connectivity index (χ2v) is 7.06. The van der Waals surface area contributed by atoms with Crippen molar-refractivity contribution < 1.29 is 14.0 Å². The van der Waals surface area contributed by atoms with Crippen LogP contribution in [0.15, 0.2) is 42.5 Å². The second-order valence-electron chi connectivity index (χ2n) is 7.06. The standard InChI is InChI=1S/C22H27FN2O2/c1-15(2)20-7-5-6-16(3)22(20)24-21(27)12-13-25(17(4)26)14-18-8-10-19(23)11-9-18/h5-11,15H,12-14H2,1-4H3,(H,24,27). The predicted molar refractivity (Wildman–Crippen MR) is 106 cm³/mol. The average Bonchev–Trinajstić information content (AvgIpc) is 2.61. The number of nitrogens with zero attached hydrogens (tertiary/aromatic N) is 1. The Hall–Kier alpha value is -2.69. The smallest absolute Gasteiger partial charge is 0.226 e. The summed E-state index contributed by atoms with van der Waals surface area (Å²) in [5.41, 5.74) is 3.79. The molecule has 2 amide bonds. The first kappa shape index (κ1) is 20.6. The van der Waals surface area contributed by atoms with Crippen LogP contribution >= 0.6 is 0 Å². The minimum atomic E-state index is -0.313. The van der Waals surface area contributed by atoms with Gasteiger partial charge in [0, 0.05) is 32.1 Å². The summed E-state index contributed by atoms with van der Waals surface area (Å²) in [4.78, 5) is 26.0. The number of carbonyl (C=O) groups is 2. The Morgan fingerprint density at radius 1 is 1.11 bits per heavy atom. The number of nitrogens with one attached hydrogen (secondary N) is 1. The molecule has 0 fully saturated rings. The van der Waals surface area contributed by atoms with E-state index in [4.69, 9.17) is 0 Å². The van der Waals surface area contributed by atoms with Crippen LogP contribution in [0.3, 0.4) is 0 Å². The number of hydrogen-bond acceptors (Lipinski definition) is 2. The van der Waals surface area contributed by atoms with Crippen LogP contribution in [-0.2, 0) is 16.1 Å². The molecule has 0 atom stereocenters. The van der Waals surface area contributed by atoms with E-state index < -0.39 is 0 Å². The van der Waals surface area contributed by atoms with Crippen molar-refractivity contribution in [3.05, 3.63) is 65.0 Å². The van der Waals surface area contributed by atoms with Crippen molar-refractivity contribution in [1.29, 1.82) is 0 Å². The number of anilines is 1. The van der Waals surface area contributed by atoms with Gasteiger partial charge in [0.2, 0.25) is 11.8 Å². The Morgan fingerprint density at radius 2 is 1.78 bits per heavy atom. The Labute approximate surface area is 160 Å². The molecule has 2 aromatic carbocycles. The number of para-hydroxylation sites is 1. The lowest BCUT2D eigenvalue weighted by Crippen LogP contribution is -2.31. The maximum absolute atomic E-state index is 13.0. The first-order valence-electron chi connectivity index (χ1n) is 9.17. The van der Waals surface area contributed by atoms with E-state index in [1.807, 2.05) is 25.1 Å². The van der Waals surface area contributed by atoms with Gasteiger partial charge >= 0.3 is 0 Å². The molecule has 2 rings (SSSR count). The molecular weight excluding hydrogens is 343 g/mol. The van der Waals surface area contributed by atoms with Crippen molar-refractivity contribution in [1.82, 2.24) is 4.90 Å². The highest BCUT2D eigenvalue weighted by Gasteiger charge is 2.15. The fourth-order valence-corrected chi connectivity index (χ4v) is 2.94. The van der Waals surface area contributed by atoms with Crippen LogP contribution in [-0.4, -0.2) is 23.3 Å². The van der Waals surface area contributed by atoms with E-state index in [1.54, 1.807) is 17.0 Å². The Balaban J connectivity index is 2.00. The molecule has 0 spiro atoms. The highest BCUT2D eigenvalue weighted by Crippen LogP contribution is 2.27. The number of carbonyl (C=O) groups excluding carboxylic acids is 2. The molecule has 0 saturated heterocycles. The van der Waals surface area contributed by atoms with Gasteiger partial charge in [0.15, 0.2) is 0 Å². The van der Waals surface area contributed by atoms with Crippen LogP contribution in [0.2, 0.25) is 0 Å². The molecule has 0 aromatic heterocycles. The monoisotopic (exact) mass is 370 g/mol. The summed E-state index contributed by atoms with van der Waals surface area (Å²) < 4.78 is 13.0. The van der Waals surface area contributed by atoms with Gasteiger partial charge in [0.1, 0.15) is 5.82 Å². The number of rotatable bonds is 7. The number of aryl methyl sites for hydroxylation is 1. The lowest BCUT2D eigenvalue weighted by atomic mass is 9.98. The molecule has 0 saturated carbocycles. The van der Waals surface area contributed by atoms with E-state index in [0.717, 1.165) is 22.4 Å². The number of hydrogen-bond donors (Lipinski definition) is 1. The van der Waals surface area contributed by atoms with Crippen molar-refractivity contribution in [2.24, 2.45) is 0 Å². The summed E-state index contributed by atoms with van der Waals surface area (Å²) in [7, 11) is 0. The molecule has 0 radical (unpaired) electrons. The molecule has 27 heavy (non-hydrogen) atoms. The fraction of sp³-hybridized carbons (Fsp3) is 0.364. The van der Waals surface area contributed by atoms with Crippen LogP contribution in [0.5, 0.6) is 0 Å². The van der Waals surface area contributed by atoms with E-state index in [2.05, 4.69) is 19.2 Å². The van der Waals surface area contributed by atoms with E-state index in [9.17, 15) is 14.0 Å². The van der Waals surface area contributed by atoms with Crippen molar-refractivity contribution in [3.8, 4) is 0 Å². The summed E-state index contributed by atoms with van der Waals surface area (Å²) >= 11 is 0. The lowest BCUT2D eigenvalue weighted by molar-refractivity contribution is -0.129. The molecule has 1 N–H and O–H groups in total. The molecule has 5 heteroatoms. The Morgan fingerprint density at radius 3 is 2.37 bits per heavy atom. The zero-order valence-corrected chi connectivity index (χ0v) is 16.4. The largest absolute Gasteiger partial charge is 0.338 e. The number of halogens is 1. The van der Waals surface area contributed by atoms with Crippen LogP contribution in [0.25, 0.3) is 0 Å². The zero-order chi connectivity index (χ0) is 20.0. The SMILES string of the molecule is CC(=O)N(CCC(=O)Nc1c(C)cccc1C(C)C)Cc1ccc(F)cc1. The van der Waals surface area contributed by atoms with Gasteiger partial charge in [-0.1, -0.05) is 44.2 Å². The maximum Gasteiger partial charge on any atom is 0.226 e. The summed E-state index contributed by atoms with van der Waals surface area (Å²) in [6.45, 7) is 8.28. The molecule has 0 aliphatic heterocycles. The molecule has 144 valence electrons. The molecule has 0 heterocycles. The molecule has 0 aliphatic carbocycles. The minimum Gasteiger partial charge on any atom is -0.338 e. The second kappa shape index (κ2) is 9.31. The predicted octanol–water partition coefficient (Wildman–Crippen LogP) is 4.63. The van der Waals surface area contributed by atoms with Crippen molar-refractivity contribution in [2.75, 3.05) is 11.9 Å². The molecule has 0 bridgehead atoms. The molecule has 0 aliphatic rings. The number of benzene rings is 2. The highest BCUT2D eigenvalue weighted by atomic mass is 19.1. The van der Waals surface area contributed by atoms with E-state index in [0.29, 0.717) is 19.0 Å². The summed E-state index contributed by atoms with van der Waals surface area (Å²) in [5.74, 6) is -0.262. The van der Waals surface area contributed by atoms with Gasteiger partial charge in [-0.3, -0.25) is 9.59 Å². The molecule has 4 nitrogen and oxygen atoms in total. The van der Waals surface area contributed by atoms with E-state index in [-0.39, 0.29) is 24.1 Å². The first-order valence-corrected chi connectivity index (χ1v) is 9.17. The van der Waals surface area contributed by atoms with E-state index >= 15 is 0 Å². The topological polar surface area (TPSA) is 49.4 Å². The quantitative estimate of drug-likeness (QED) is 0.772. The molecule has 0 unspecified atom stereocenters. The molecule has 2 aromatic rings. The van der Waals surface area contributed by atoms with Gasteiger partial charge < -0.3 is 10.2 Å². The first-order chi connectivity index (χ1) is 12.8. The van der Waals surface area contributed by atoms with Crippen LogP contribution in [0.4, 0.5) is 10.1 Å². The number of amides is 2. The van der Waals surface area contributed by atoms with Crippen LogP contribution in [0, 0.1) is 12.7 Å². The summed E-state index contributed by atoms with van der Waals surface area (Å²) in [6.07, 6.45) is 0.201. The van der Waals surface area contributed by atoms with Gasteiger partial charge in [0.05, 0.1) is 0 Å². The third kappa shape index (κ3) is 5.91. The lowest BCUT2D eigenvalue weighted by Gasteiger charge is -2.22. The van der Waals surface area contributed by atoms with Crippen molar-refractivity contribution in [3.63, 3.8) is 0 Å². The Bertz CT molecular complexity index is 800. The molecular formula is C22H27FN2O2. The van der Waals surface area contributed by atoms with E-state index in [1.165, 1.54) is 19.1 Å². The Kier molecular flexibility index (Phi) is 7.11. The van der Waals surface area contributed by atoms with Crippen LogP contribution in [0.1, 0.15) is 49.8 Å². The van der Waals surface area contributed by atoms with Gasteiger partial charge in [0.25, 0.3) is 0 Å². The minimum absolute atomic E-state index is 0.120. The third-order valence-corrected chi connectivity index (χ3v) is 4.53. The maximum atomic E-state index is 13.0. The fourth-order valence-electron chi connectivity index (χ4n) is 2.94. The zero-order valence-electron chi connectivity index (χ0n) is 16.4. The highest BCUT2D eigenvalue weighted by molar-refractivity contribution is 5.92. The summed E-state index contributed by atoms with van der Waals surface area (Å²) in [6, 6.07) is 12.0. The summed E-state index contributed by atoms with van der Waals surface area (Å²) in [5, 5.41) is 3.00. The van der Waals surface area contributed by atoms with Gasteiger partial charge in [-0.05, 0) is 41.7 Å². The van der Waals surface area contributed by atoms with Crippen LogP contribution < -0.4 is 5.32 Å². The van der Waals surface area contributed by atoms with Gasteiger partial charge in [-0.2, -0.15) is 0 Å².